The van der Waals surface area contributed by atoms with Crippen molar-refractivity contribution >= 4 is 27.4 Å². The van der Waals surface area contributed by atoms with Gasteiger partial charge in [0, 0.05) is 12.1 Å². The van der Waals surface area contributed by atoms with Crippen LogP contribution in [-0.4, -0.2) is 43.8 Å². The van der Waals surface area contributed by atoms with E-state index in [0.29, 0.717) is 4.31 Å². The molecule has 1 aromatic rings. The number of rotatable bonds is 7. The summed E-state index contributed by atoms with van der Waals surface area (Å²) < 4.78 is 29.6. The fourth-order valence-corrected chi connectivity index (χ4v) is 2.66. The fraction of sp³-hybridized carbons (Fsp3) is 0.364. The van der Waals surface area contributed by atoms with Gasteiger partial charge in [0.1, 0.15) is 18.0 Å². The van der Waals surface area contributed by atoms with Gasteiger partial charge in [-0.05, 0) is 13.0 Å². The summed E-state index contributed by atoms with van der Waals surface area (Å²) in [7, 11) is -2.68. The summed E-state index contributed by atoms with van der Waals surface area (Å²) in [6.07, 6.45) is 0. The molecule has 0 spiro atoms. The van der Waals surface area contributed by atoms with Crippen LogP contribution in [0.3, 0.4) is 0 Å². The zero-order valence-corrected chi connectivity index (χ0v) is 12.2. The Balaban J connectivity index is 3.51. The lowest BCUT2D eigenvalue weighted by Gasteiger charge is -2.23. The molecule has 0 saturated heterocycles. The molecule has 0 unspecified atom stereocenters. The van der Waals surface area contributed by atoms with Crippen molar-refractivity contribution in [2.45, 2.75) is 6.92 Å². The van der Waals surface area contributed by atoms with Crippen LogP contribution < -0.4 is 9.04 Å². The maximum atomic E-state index is 12.0. The van der Waals surface area contributed by atoms with E-state index >= 15 is 0 Å². The highest BCUT2D eigenvalue weighted by Crippen LogP contribution is 2.33. The van der Waals surface area contributed by atoms with Gasteiger partial charge in [0.15, 0.2) is 0 Å². The largest absolute Gasteiger partial charge is 0.495 e. The van der Waals surface area contributed by atoms with Crippen molar-refractivity contribution in [3.8, 4) is 5.75 Å². The molecule has 0 aliphatic heterocycles. The summed E-state index contributed by atoms with van der Waals surface area (Å²) in [6, 6.07) is 3.32. The summed E-state index contributed by atoms with van der Waals surface area (Å²) in [4.78, 5) is 21.0. The quantitative estimate of drug-likeness (QED) is 0.583. The number of methoxy groups -OCH3 is 1. The van der Waals surface area contributed by atoms with Gasteiger partial charge < -0.3 is 9.84 Å². The molecule has 1 rings (SSSR count). The lowest BCUT2D eigenvalue weighted by molar-refractivity contribution is -0.384. The van der Waals surface area contributed by atoms with Crippen LogP contribution in [0.1, 0.15) is 6.92 Å². The van der Waals surface area contributed by atoms with Crippen LogP contribution in [0, 0.1) is 10.1 Å². The van der Waals surface area contributed by atoms with Gasteiger partial charge in [0.2, 0.25) is 10.0 Å². The lowest BCUT2D eigenvalue weighted by Crippen LogP contribution is -2.37. The third kappa shape index (κ3) is 3.81. The molecule has 0 aliphatic carbocycles. The highest BCUT2D eigenvalue weighted by Gasteiger charge is 2.27. The molecular weight excluding hydrogens is 304 g/mol. The molecule has 116 valence electrons. The molecule has 0 aliphatic rings. The van der Waals surface area contributed by atoms with E-state index in [-0.39, 0.29) is 22.9 Å². The Labute approximate surface area is 120 Å². The molecule has 0 heterocycles. The number of hydrogen-bond acceptors (Lipinski definition) is 6. The first-order valence-electron chi connectivity index (χ1n) is 5.77. The van der Waals surface area contributed by atoms with Crippen molar-refractivity contribution in [2.24, 2.45) is 0 Å². The number of anilines is 1. The molecule has 0 aromatic heterocycles. The summed E-state index contributed by atoms with van der Waals surface area (Å²) >= 11 is 0. The van der Waals surface area contributed by atoms with Crippen LogP contribution in [0.5, 0.6) is 5.75 Å². The third-order valence-corrected chi connectivity index (χ3v) is 4.35. The van der Waals surface area contributed by atoms with E-state index in [1.54, 1.807) is 0 Å². The second kappa shape index (κ2) is 6.39. The molecule has 10 heteroatoms. The van der Waals surface area contributed by atoms with Crippen LogP contribution in [0.4, 0.5) is 11.4 Å². The number of carboxylic acid groups (broad SMARTS) is 1. The minimum absolute atomic E-state index is 0.0267. The van der Waals surface area contributed by atoms with E-state index in [1.807, 2.05) is 0 Å². The molecule has 0 atom stereocenters. The van der Waals surface area contributed by atoms with Crippen molar-refractivity contribution < 1.29 is 28.0 Å². The van der Waals surface area contributed by atoms with Crippen molar-refractivity contribution in [3.05, 3.63) is 28.3 Å². The molecule has 0 bridgehead atoms. The lowest BCUT2D eigenvalue weighted by atomic mass is 10.2. The predicted molar refractivity (Wildman–Crippen MR) is 74.1 cm³/mol. The zero-order chi connectivity index (χ0) is 16.2. The highest BCUT2D eigenvalue weighted by atomic mass is 32.2. The number of benzene rings is 1. The second-order valence-electron chi connectivity index (χ2n) is 3.91. The average molecular weight is 318 g/mol. The van der Waals surface area contributed by atoms with Gasteiger partial charge >= 0.3 is 5.97 Å². The minimum Gasteiger partial charge on any atom is -0.495 e. The normalized spacial score (nSPS) is 11.0. The van der Waals surface area contributed by atoms with Gasteiger partial charge in [0.25, 0.3) is 5.69 Å². The number of hydrogen-bond donors (Lipinski definition) is 1. The fourth-order valence-electron chi connectivity index (χ4n) is 1.60. The number of nitrogens with zero attached hydrogens (tertiary/aromatic N) is 2. The molecule has 1 aromatic carbocycles. The summed E-state index contributed by atoms with van der Waals surface area (Å²) in [6.45, 7) is 0.488. The van der Waals surface area contributed by atoms with Crippen LogP contribution in [0.2, 0.25) is 0 Å². The number of carboxylic acids is 1. The maximum Gasteiger partial charge on any atom is 0.324 e. The standard InChI is InChI=1S/C11H14N2O7S/c1-3-21(18,19)12(7-11(14)15)9-6-8(13(16)17)4-5-10(9)20-2/h4-6H,3,7H2,1-2H3,(H,14,15). The van der Waals surface area contributed by atoms with E-state index in [2.05, 4.69) is 0 Å². The topological polar surface area (TPSA) is 127 Å². The Morgan fingerprint density at radius 3 is 2.52 bits per heavy atom. The Morgan fingerprint density at radius 2 is 2.10 bits per heavy atom. The Hall–Kier alpha value is -2.36. The number of aliphatic carboxylic acids is 1. The molecule has 0 saturated carbocycles. The predicted octanol–water partition coefficient (Wildman–Crippen LogP) is 0.844. The van der Waals surface area contributed by atoms with Gasteiger partial charge in [-0.15, -0.1) is 0 Å². The minimum atomic E-state index is -3.93. The van der Waals surface area contributed by atoms with Crippen molar-refractivity contribution in [3.63, 3.8) is 0 Å². The number of carbonyl (C=O) groups is 1. The average Bonchev–Trinajstić information content (AvgIpc) is 2.43. The Morgan fingerprint density at radius 1 is 1.48 bits per heavy atom. The summed E-state index contributed by atoms with van der Waals surface area (Å²) in [5, 5.41) is 19.7. The van der Waals surface area contributed by atoms with Crippen LogP contribution >= 0.6 is 0 Å². The van der Waals surface area contributed by atoms with Crippen LogP contribution in [0.25, 0.3) is 0 Å². The van der Waals surface area contributed by atoms with Crippen LogP contribution in [-0.2, 0) is 14.8 Å². The SMILES string of the molecule is CCS(=O)(=O)N(CC(=O)O)c1cc([N+](=O)[O-])ccc1OC. The number of ether oxygens (including phenoxy) is 1. The molecular formula is C11H14N2O7S. The Bertz CT molecular complexity index is 657. The van der Waals surface area contributed by atoms with Crippen LogP contribution in [0.15, 0.2) is 18.2 Å². The Kier molecular flexibility index (Phi) is 5.08. The molecule has 21 heavy (non-hydrogen) atoms. The molecule has 0 fully saturated rings. The number of non-ortho nitro benzene ring substituents is 1. The highest BCUT2D eigenvalue weighted by molar-refractivity contribution is 7.92. The van der Waals surface area contributed by atoms with E-state index < -0.39 is 27.5 Å². The monoisotopic (exact) mass is 318 g/mol. The second-order valence-corrected chi connectivity index (χ2v) is 6.10. The van der Waals surface area contributed by atoms with E-state index in [1.165, 1.54) is 20.1 Å². The number of nitro groups is 1. The summed E-state index contributed by atoms with van der Waals surface area (Å²) in [5.41, 5.74) is -0.552. The molecule has 0 amide bonds. The van der Waals surface area contributed by atoms with Crippen molar-refractivity contribution in [1.82, 2.24) is 0 Å². The zero-order valence-electron chi connectivity index (χ0n) is 11.3. The van der Waals surface area contributed by atoms with Gasteiger partial charge in [-0.3, -0.25) is 19.2 Å². The van der Waals surface area contributed by atoms with Gasteiger partial charge in [0.05, 0.1) is 17.8 Å². The number of sulfonamides is 1. The van der Waals surface area contributed by atoms with E-state index in [4.69, 9.17) is 9.84 Å². The van der Waals surface area contributed by atoms with E-state index in [0.717, 1.165) is 12.1 Å². The third-order valence-electron chi connectivity index (χ3n) is 2.62. The molecule has 1 N–H and O–H groups in total. The summed E-state index contributed by atoms with van der Waals surface area (Å²) in [5.74, 6) is -1.72. The van der Waals surface area contributed by atoms with Crippen molar-refractivity contribution in [1.29, 1.82) is 0 Å². The first-order valence-corrected chi connectivity index (χ1v) is 7.38. The van der Waals surface area contributed by atoms with Gasteiger partial charge in [-0.1, -0.05) is 0 Å². The van der Waals surface area contributed by atoms with Crippen molar-refractivity contribution in [2.75, 3.05) is 23.7 Å². The maximum absolute atomic E-state index is 12.0. The number of nitro benzene ring substituents is 1. The smallest absolute Gasteiger partial charge is 0.324 e. The van der Waals surface area contributed by atoms with E-state index in [9.17, 15) is 23.3 Å². The van der Waals surface area contributed by atoms with Gasteiger partial charge in [-0.2, -0.15) is 0 Å². The van der Waals surface area contributed by atoms with Gasteiger partial charge in [-0.25, -0.2) is 8.42 Å². The first-order chi connectivity index (χ1) is 9.72. The molecule has 9 nitrogen and oxygen atoms in total. The molecule has 0 radical (unpaired) electrons. The first kappa shape index (κ1) is 16.7.